The maximum atomic E-state index is 12.0. The van der Waals surface area contributed by atoms with Gasteiger partial charge in [-0.15, -0.1) is 0 Å². The molecule has 98 valence electrons. The molecule has 3 heterocycles. The van der Waals surface area contributed by atoms with Gasteiger partial charge in [0.2, 0.25) is 10.0 Å². The van der Waals surface area contributed by atoms with Gasteiger partial charge in [-0.2, -0.15) is 0 Å². The minimum absolute atomic E-state index is 0.161. The first-order valence-electron chi connectivity index (χ1n) is 6.18. The van der Waals surface area contributed by atoms with Crippen molar-refractivity contribution in [1.82, 2.24) is 9.62 Å². The summed E-state index contributed by atoms with van der Waals surface area (Å²) in [5.74, 6) is 0.377. The molecule has 6 heteroatoms. The number of nitrogens with one attached hydrogen (secondary N) is 1. The van der Waals surface area contributed by atoms with Crippen LogP contribution in [0.3, 0.4) is 0 Å². The van der Waals surface area contributed by atoms with Crippen LogP contribution >= 0.6 is 0 Å². The van der Waals surface area contributed by atoms with Crippen LogP contribution in [-0.4, -0.2) is 50.0 Å². The van der Waals surface area contributed by atoms with Crippen LogP contribution in [-0.2, 0) is 14.8 Å². The van der Waals surface area contributed by atoms with Gasteiger partial charge < -0.3 is 0 Å². The Bertz CT molecular complexity index is 397. The van der Waals surface area contributed by atoms with Crippen molar-refractivity contribution in [3.63, 3.8) is 0 Å². The van der Waals surface area contributed by atoms with E-state index < -0.39 is 15.3 Å². The van der Waals surface area contributed by atoms with Gasteiger partial charge in [0.05, 0.1) is 11.3 Å². The molecule has 0 saturated carbocycles. The number of fused-ring (bicyclic) bond motifs is 3. The molecule has 3 fully saturated rings. The van der Waals surface area contributed by atoms with E-state index in [0.29, 0.717) is 0 Å². The Morgan fingerprint density at radius 2 is 1.94 bits per heavy atom. The highest BCUT2D eigenvalue weighted by molar-refractivity contribution is 7.90. The summed E-state index contributed by atoms with van der Waals surface area (Å²) in [5, 5.41) is -0.451. The average Bonchev–Trinajstić information content (AvgIpc) is 2.29. The molecule has 3 aliphatic rings. The quantitative estimate of drug-likeness (QED) is 0.771. The highest BCUT2D eigenvalue weighted by atomic mass is 32.2. The van der Waals surface area contributed by atoms with Crippen LogP contribution in [0.2, 0.25) is 0 Å². The molecule has 3 aliphatic heterocycles. The van der Waals surface area contributed by atoms with E-state index in [0.717, 1.165) is 25.9 Å². The van der Waals surface area contributed by atoms with Crippen molar-refractivity contribution in [3.8, 4) is 0 Å². The fraction of sp³-hybridized carbons (Fsp3) is 0.909. The van der Waals surface area contributed by atoms with Gasteiger partial charge in [0.15, 0.2) is 5.78 Å². The first-order chi connectivity index (χ1) is 7.92. The summed E-state index contributed by atoms with van der Waals surface area (Å²) in [7, 11) is -3.27. The number of carbonyl (C=O) groups is 1. The second-order valence-corrected chi connectivity index (χ2v) is 7.49. The molecule has 0 spiro atoms. The third kappa shape index (κ3) is 2.53. The normalized spacial score (nSPS) is 33.4. The second-order valence-electron chi connectivity index (χ2n) is 5.17. The van der Waals surface area contributed by atoms with E-state index >= 15 is 0 Å². The zero-order valence-electron chi connectivity index (χ0n) is 10.3. The van der Waals surface area contributed by atoms with Crippen LogP contribution in [0.25, 0.3) is 0 Å². The number of nitrogens with zero attached hydrogens (tertiary/aromatic N) is 1. The lowest BCUT2D eigenvalue weighted by atomic mass is 9.82. The van der Waals surface area contributed by atoms with Crippen LogP contribution < -0.4 is 4.72 Å². The molecule has 0 aromatic carbocycles. The number of rotatable bonds is 4. The minimum atomic E-state index is -3.27. The molecule has 1 unspecified atom stereocenters. The molecule has 0 radical (unpaired) electrons. The zero-order valence-corrected chi connectivity index (χ0v) is 11.2. The van der Waals surface area contributed by atoms with Gasteiger partial charge in [-0.05, 0) is 39.8 Å². The highest BCUT2D eigenvalue weighted by Gasteiger charge is 2.41. The molecule has 2 bridgehead atoms. The molecule has 0 aliphatic carbocycles. The van der Waals surface area contributed by atoms with Crippen molar-refractivity contribution in [2.24, 2.45) is 5.92 Å². The van der Waals surface area contributed by atoms with Crippen LogP contribution in [0, 0.1) is 5.92 Å². The predicted octanol–water partition coefficient (Wildman–Crippen LogP) is -0.0225. The summed E-state index contributed by atoms with van der Waals surface area (Å²) in [5.41, 5.74) is 0. The second kappa shape index (κ2) is 4.66. The van der Waals surface area contributed by atoms with Gasteiger partial charge in [0, 0.05) is 12.5 Å². The third-order valence-corrected chi connectivity index (χ3v) is 5.61. The lowest BCUT2D eigenvalue weighted by molar-refractivity contribution is -0.136. The van der Waals surface area contributed by atoms with Gasteiger partial charge in [-0.25, -0.2) is 13.1 Å². The highest BCUT2D eigenvalue weighted by Crippen LogP contribution is 2.28. The van der Waals surface area contributed by atoms with E-state index in [9.17, 15) is 13.2 Å². The molecule has 0 aromatic rings. The lowest BCUT2D eigenvalue weighted by Gasteiger charge is -2.44. The van der Waals surface area contributed by atoms with E-state index in [4.69, 9.17) is 0 Å². The Hall–Kier alpha value is -0.460. The fourth-order valence-electron chi connectivity index (χ4n) is 2.54. The van der Waals surface area contributed by atoms with Crippen LogP contribution in [0.4, 0.5) is 0 Å². The van der Waals surface area contributed by atoms with Crippen molar-refractivity contribution < 1.29 is 13.2 Å². The van der Waals surface area contributed by atoms with E-state index in [2.05, 4.69) is 9.62 Å². The van der Waals surface area contributed by atoms with Crippen LogP contribution in [0.5, 0.6) is 0 Å². The summed E-state index contributed by atoms with van der Waals surface area (Å²) in [6.45, 7) is 5.35. The van der Waals surface area contributed by atoms with Gasteiger partial charge in [-0.3, -0.25) is 9.69 Å². The Morgan fingerprint density at radius 1 is 1.35 bits per heavy atom. The molecular weight excluding hydrogens is 240 g/mol. The third-order valence-electron chi connectivity index (χ3n) is 3.80. The average molecular weight is 260 g/mol. The Morgan fingerprint density at radius 3 is 2.41 bits per heavy atom. The SMILES string of the molecule is CC(C)S(=O)(=O)NCC1C(=O)C2CCN1CC2. The van der Waals surface area contributed by atoms with Crippen LogP contribution in [0.1, 0.15) is 26.7 Å². The lowest BCUT2D eigenvalue weighted by Crippen LogP contribution is -2.59. The Kier molecular flexibility index (Phi) is 3.56. The molecule has 1 atom stereocenters. The van der Waals surface area contributed by atoms with Crippen molar-refractivity contribution in [2.75, 3.05) is 19.6 Å². The first-order valence-corrected chi connectivity index (χ1v) is 7.72. The molecule has 3 saturated heterocycles. The molecule has 17 heavy (non-hydrogen) atoms. The smallest absolute Gasteiger partial charge is 0.213 e. The largest absolute Gasteiger partial charge is 0.298 e. The monoisotopic (exact) mass is 260 g/mol. The Labute approximate surface area is 103 Å². The van der Waals surface area contributed by atoms with Crippen molar-refractivity contribution in [1.29, 1.82) is 0 Å². The number of sulfonamides is 1. The summed E-state index contributed by atoms with van der Waals surface area (Å²) in [6, 6.07) is -0.240. The maximum Gasteiger partial charge on any atom is 0.213 e. The van der Waals surface area contributed by atoms with E-state index in [1.165, 1.54) is 0 Å². The minimum Gasteiger partial charge on any atom is -0.298 e. The number of ketones is 1. The molecule has 0 amide bonds. The molecule has 5 nitrogen and oxygen atoms in total. The number of Topliss-reactive ketones (excluding diaryl/α,β-unsaturated/α-hetero) is 1. The fourth-order valence-corrected chi connectivity index (χ4v) is 3.26. The molecule has 3 rings (SSSR count). The zero-order chi connectivity index (χ0) is 12.6. The topological polar surface area (TPSA) is 66.5 Å². The molecule has 0 aromatic heterocycles. The van der Waals surface area contributed by atoms with E-state index in [1.54, 1.807) is 13.8 Å². The van der Waals surface area contributed by atoms with Crippen molar-refractivity contribution in [2.45, 2.75) is 38.0 Å². The molecule has 1 N–H and O–H groups in total. The summed E-state index contributed by atoms with van der Waals surface area (Å²) < 4.78 is 25.8. The van der Waals surface area contributed by atoms with Gasteiger partial charge >= 0.3 is 0 Å². The maximum absolute atomic E-state index is 12.0. The van der Waals surface area contributed by atoms with E-state index in [-0.39, 0.29) is 24.3 Å². The summed E-state index contributed by atoms with van der Waals surface area (Å²) in [4.78, 5) is 14.1. The number of piperidine rings is 3. The van der Waals surface area contributed by atoms with Gasteiger partial charge in [-0.1, -0.05) is 0 Å². The van der Waals surface area contributed by atoms with Crippen molar-refractivity contribution in [3.05, 3.63) is 0 Å². The number of carbonyl (C=O) groups excluding carboxylic acids is 1. The standard InChI is InChI=1S/C11H20N2O3S/c1-8(2)17(15,16)12-7-10-11(14)9-3-5-13(10)6-4-9/h8-10,12H,3-7H2,1-2H3. The summed E-state index contributed by atoms with van der Waals surface area (Å²) in [6.07, 6.45) is 1.87. The van der Waals surface area contributed by atoms with Crippen LogP contribution in [0.15, 0.2) is 0 Å². The first kappa shape index (κ1) is 13.0. The Balaban J connectivity index is 1.98. The van der Waals surface area contributed by atoms with Gasteiger partial charge in [0.1, 0.15) is 0 Å². The predicted molar refractivity (Wildman–Crippen MR) is 65.2 cm³/mol. The van der Waals surface area contributed by atoms with Gasteiger partial charge in [0.25, 0.3) is 0 Å². The van der Waals surface area contributed by atoms with Crippen molar-refractivity contribution >= 4 is 15.8 Å². The number of hydrogen-bond donors (Lipinski definition) is 1. The number of hydrogen-bond acceptors (Lipinski definition) is 4. The van der Waals surface area contributed by atoms with E-state index in [1.807, 2.05) is 0 Å². The molecular formula is C11H20N2O3S. The summed E-state index contributed by atoms with van der Waals surface area (Å²) >= 11 is 0.